The maximum atomic E-state index is 13.2. The first kappa shape index (κ1) is 16.3. The zero-order valence-electron chi connectivity index (χ0n) is 13.3. The number of aliphatic carboxylic acids is 1. The second kappa shape index (κ2) is 6.64. The van der Waals surface area contributed by atoms with Crippen molar-refractivity contribution in [2.75, 3.05) is 0 Å². The number of carboxylic acid groups (broad SMARTS) is 1. The molecule has 0 aliphatic rings. The van der Waals surface area contributed by atoms with Gasteiger partial charge in [-0.15, -0.1) is 21.5 Å². The van der Waals surface area contributed by atoms with Gasteiger partial charge >= 0.3 is 5.97 Å². The van der Waals surface area contributed by atoms with Crippen molar-refractivity contribution in [2.24, 2.45) is 0 Å². The molecule has 4 rings (SSSR count). The molecule has 2 aromatic carbocycles. The molecular formula is C18H12FN3O3S. The van der Waals surface area contributed by atoms with Gasteiger partial charge in [0.2, 0.25) is 11.8 Å². The van der Waals surface area contributed by atoms with Crippen molar-refractivity contribution in [3.63, 3.8) is 0 Å². The molecule has 1 N–H and O–H groups in total. The number of hydrogen-bond donors (Lipinski definition) is 1. The van der Waals surface area contributed by atoms with Crippen molar-refractivity contribution in [3.8, 4) is 11.1 Å². The van der Waals surface area contributed by atoms with E-state index in [4.69, 9.17) is 9.52 Å². The molecule has 4 aromatic rings. The Morgan fingerprint density at radius 2 is 1.88 bits per heavy atom. The Morgan fingerprint density at radius 1 is 1.12 bits per heavy atom. The summed E-state index contributed by atoms with van der Waals surface area (Å²) >= 11 is 1.50. The van der Waals surface area contributed by atoms with Gasteiger partial charge in [-0.1, -0.05) is 24.3 Å². The normalized spacial score (nSPS) is 11.1. The van der Waals surface area contributed by atoms with Gasteiger partial charge in [0.15, 0.2) is 0 Å². The maximum Gasteiger partial charge on any atom is 0.312 e. The molecule has 26 heavy (non-hydrogen) atoms. The van der Waals surface area contributed by atoms with Gasteiger partial charge in [-0.25, -0.2) is 9.37 Å². The summed E-state index contributed by atoms with van der Waals surface area (Å²) in [6.45, 7) is 0. The zero-order chi connectivity index (χ0) is 18.1. The van der Waals surface area contributed by atoms with Crippen LogP contribution in [0.5, 0.6) is 0 Å². The molecule has 0 amide bonds. The number of fused-ring (bicyclic) bond motifs is 1. The van der Waals surface area contributed by atoms with Gasteiger partial charge in [0.1, 0.15) is 17.2 Å². The van der Waals surface area contributed by atoms with E-state index < -0.39 is 5.97 Å². The van der Waals surface area contributed by atoms with E-state index in [2.05, 4.69) is 15.2 Å². The van der Waals surface area contributed by atoms with E-state index >= 15 is 0 Å². The summed E-state index contributed by atoms with van der Waals surface area (Å²) in [6.07, 6.45) is 0.0242. The second-order valence-electron chi connectivity index (χ2n) is 5.60. The van der Waals surface area contributed by atoms with Crippen molar-refractivity contribution in [2.45, 2.75) is 12.8 Å². The lowest BCUT2D eigenvalue weighted by atomic mass is 10.0. The largest absolute Gasteiger partial charge is 0.481 e. The Balaban J connectivity index is 1.65. The van der Waals surface area contributed by atoms with Gasteiger partial charge in [0.25, 0.3) is 0 Å². The molecule has 0 atom stereocenters. The van der Waals surface area contributed by atoms with Crippen molar-refractivity contribution >= 4 is 27.5 Å². The van der Waals surface area contributed by atoms with Crippen molar-refractivity contribution in [3.05, 3.63) is 65.1 Å². The molecule has 0 fully saturated rings. The lowest BCUT2D eigenvalue weighted by Crippen LogP contribution is -1.99. The highest BCUT2D eigenvalue weighted by Gasteiger charge is 2.14. The summed E-state index contributed by atoms with van der Waals surface area (Å²) < 4.78 is 19.5. The Kier molecular flexibility index (Phi) is 4.18. The number of benzene rings is 2. The van der Waals surface area contributed by atoms with Gasteiger partial charge in [-0.2, -0.15) is 0 Å². The number of nitrogens with zero attached hydrogens (tertiary/aromatic N) is 3. The molecule has 130 valence electrons. The zero-order valence-corrected chi connectivity index (χ0v) is 14.2. The summed E-state index contributed by atoms with van der Waals surface area (Å²) in [4.78, 5) is 15.3. The van der Waals surface area contributed by atoms with E-state index in [1.165, 1.54) is 23.5 Å². The lowest BCUT2D eigenvalue weighted by molar-refractivity contribution is -0.136. The molecule has 2 heterocycles. The van der Waals surface area contributed by atoms with Crippen molar-refractivity contribution in [1.82, 2.24) is 15.2 Å². The van der Waals surface area contributed by atoms with Crippen LogP contribution < -0.4 is 0 Å². The van der Waals surface area contributed by atoms with E-state index in [1.54, 1.807) is 12.1 Å². The second-order valence-corrected chi connectivity index (χ2v) is 6.72. The molecule has 0 bridgehead atoms. The van der Waals surface area contributed by atoms with Crippen molar-refractivity contribution < 1.29 is 18.7 Å². The fraction of sp³-hybridized carbons (Fsp3) is 0.111. The van der Waals surface area contributed by atoms with Crippen LogP contribution in [-0.2, 0) is 17.6 Å². The van der Waals surface area contributed by atoms with E-state index in [9.17, 15) is 9.18 Å². The van der Waals surface area contributed by atoms with Crippen LogP contribution in [0.2, 0.25) is 0 Å². The SMILES string of the molecule is O=C(O)Cc1nnc(Cc2nc3c(-c4ccc(F)cc4)cccc3s2)o1. The molecule has 0 saturated heterocycles. The molecule has 6 nitrogen and oxygen atoms in total. The van der Waals surface area contributed by atoms with Crippen molar-refractivity contribution in [1.29, 1.82) is 0 Å². The smallest absolute Gasteiger partial charge is 0.312 e. The van der Waals surface area contributed by atoms with Gasteiger partial charge in [-0.3, -0.25) is 4.79 Å². The van der Waals surface area contributed by atoms with Crippen LogP contribution in [-0.4, -0.2) is 26.3 Å². The topological polar surface area (TPSA) is 89.1 Å². The molecule has 0 aliphatic heterocycles. The van der Waals surface area contributed by atoms with Gasteiger partial charge in [-0.05, 0) is 23.8 Å². The van der Waals surface area contributed by atoms with Crippen LogP contribution >= 0.6 is 11.3 Å². The summed E-state index contributed by atoms with van der Waals surface area (Å²) in [6, 6.07) is 12.1. The van der Waals surface area contributed by atoms with E-state index in [0.29, 0.717) is 12.3 Å². The summed E-state index contributed by atoms with van der Waals surface area (Å²) in [5.74, 6) is -0.915. The molecule has 0 unspecified atom stereocenters. The van der Waals surface area contributed by atoms with Crippen LogP contribution in [0, 0.1) is 5.82 Å². The molecular weight excluding hydrogens is 357 g/mol. The predicted octanol–water partition coefficient (Wildman–Crippen LogP) is 3.70. The van der Waals surface area contributed by atoms with Crippen LogP contribution in [0.4, 0.5) is 4.39 Å². The number of carbonyl (C=O) groups is 1. The minimum absolute atomic E-state index is 0.0700. The van der Waals surface area contributed by atoms with Crippen LogP contribution in [0.15, 0.2) is 46.9 Å². The molecule has 2 aromatic heterocycles. The average Bonchev–Trinajstić information content (AvgIpc) is 3.21. The standard InChI is InChI=1S/C18H12FN3O3S/c19-11-6-4-10(5-7-11)12-2-1-3-13-18(12)20-16(26-13)8-14-21-22-15(25-14)9-17(23)24/h1-7H,8-9H2,(H,23,24). The Labute approximate surface area is 151 Å². The summed E-state index contributed by atoms with van der Waals surface area (Å²) in [5, 5.41) is 17.1. The minimum atomic E-state index is -1.02. The number of halogens is 1. The fourth-order valence-corrected chi connectivity index (χ4v) is 3.61. The third-order valence-corrected chi connectivity index (χ3v) is 4.75. The number of carboxylic acids is 1. The average molecular weight is 369 g/mol. The number of rotatable bonds is 5. The minimum Gasteiger partial charge on any atom is -0.481 e. The molecule has 0 saturated carbocycles. The van der Waals surface area contributed by atoms with E-state index in [0.717, 1.165) is 26.4 Å². The number of para-hydroxylation sites is 1. The molecule has 8 heteroatoms. The molecule has 0 spiro atoms. The predicted molar refractivity (Wildman–Crippen MR) is 93.5 cm³/mol. The first-order valence-corrected chi connectivity index (χ1v) is 8.57. The third kappa shape index (κ3) is 3.31. The highest BCUT2D eigenvalue weighted by molar-refractivity contribution is 7.18. The fourth-order valence-electron chi connectivity index (χ4n) is 2.62. The number of aromatic nitrogens is 3. The monoisotopic (exact) mass is 369 g/mol. The Bertz CT molecular complexity index is 1090. The van der Waals surface area contributed by atoms with Gasteiger partial charge in [0.05, 0.1) is 16.6 Å². The molecule has 0 radical (unpaired) electrons. The lowest BCUT2D eigenvalue weighted by Gasteiger charge is -2.02. The Morgan fingerprint density at radius 3 is 2.65 bits per heavy atom. The highest BCUT2D eigenvalue weighted by atomic mass is 32.1. The maximum absolute atomic E-state index is 13.2. The Hall–Kier alpha value is -3.13. The third-order valence-electron chi connectivity index (χ3n) is 3.73. The van der Waals surface area contributed by atoms with Crippen LogP contribution in [0.3, 0.4) is 0 Å². The number of thiazole rings is 1. The van der Waals surface area contributed by atoms with Crippen LogP contribution in [0.1, 0.15) is 16.8 Å². The quantitative estimate of drug-likeness (QED) is 0.577. The van der Waals surface area contributed by atoms with E-state index in [1.807, 2.05) is 18.2 Å². The first-order chi connectivity index (χ1) is 12.6. The first-order valence-electron chi connectivity index (χ1n) is 7.76. The number of hydrogen-bond acceptors (Lipinski definition) is 6. The molecule has 0 aliphatic carbocycles. The summed E-state index contributed by atoms with van der Waals surface area (Å²) in [5.41, 5.74) is 2.63. The van der Waals surface area contributed by atoms with Crippen LogP contribution in [0.25, 0.3) is 21.3 Å². The van der Waals surface area contributed by atoms with Gasteiger partial charge in [0, 0.05) is 5.56 Å². The highest BCUT2D eigenvalue weighted by Crippen LogP contribution is 2.32. The van der Waals surface area contributed by atoms with Gasteiger partial charge < -0.3 is 9.52 Å². The summed E-state index contributed by atoms with van der Waals surface area (Å²) in [7, 11) is 0. The van der Waals surface area contributed by atoms with E-state index in [-0.39, 0.29) is 18.1 Å².